The second-order valence-electron chi connectivity index (χ2n) is 5.82. The Bertz CT molecular complexity index is 695. The van der Waals surface area contributed by atoms with Crippen LogP contribution in [0.1, 0.15) is 26.7 Å². The number of pyridine rings is 1. The Kier molecular flexibility index (Phi) is 6.02. The minimum absolute atomic E-state index is 0.0111. The molecule has 0 bridgehead atoms. The van der Waals surface area contributed by atoms with Crippen LogP contribution in [0.3, 0.4) is 0 Å². The van der Waals surface area contributed by atoms with Gasteiger partial charge in [0.25, 0.3) is 5.56 Å². The van der Waals surface area contributed by atoms with Crippen molar-refractivity contribution >= 4 is 5.91 Å². The van der Waals surface area contributed by atoms with Gasteiger partial charge in [-0.2, -0.15) is 5.10 Å². The molecule has 1 amide bonds. The summed E-state index contributed by atoms with van der Waals surface area (Å²) < 4.78 is 1.41. The summed E-state index contributed by atoms with van der Waals surface area (Å²) >= 11 is 0. The van der Waals surface area contributed by atoms with Crippen molar-refractivity contribution in [3.05, 3.63) is 47.0 Å². The average Bonchev–Trinajstić information content (AvgIpc) is 2.55. The third-order valence-electron chi connectivity index (χ3n) is 3.32. The van der Waals surface area contributed by atoms with E-state index in [0.29, 0.717) is 31.8 Å². The second-order valence-corrected chi connectivity index (χ2v) is 5.82. The van der Waals surface area contributed by atoms with E-state index >= 15 is 0 Å². The Balaban J connectivity index is 1.95. The van der Waals surface area contributed by atoms with Gasteiger partial charge in [0.15, 0.2) is 0 Å². The molecule has 0 spiro atoms. The van der Waals surface area contributed by atoms with E-state index in [-0.39, 0.29) is 11.5 Å². The van der Waals surface area contributed by atoms with Crippen molar-refractivity contribution in [1.82, 2.24) is 20.1 Å². The van der Waals surface area contributed by atoms with Gasteiger partial charge in [0, 0.05) is 43.5 Å². The average molecular weight is 314 g/mol. The van der Waals surface area contributed by atoms with Crippen LogP contribution >= 0.6 is 0 Å². The summed E-state index contributed by atoms with van der Waals surface area (Å²) in [6.07, 6.45) is 4.34. The van der Waals surface area contributed by atoms with Crippen LogP contribution in [0.25, 0.3) is 11.3 Å². The van der Waals surface area contributed by atoms with Crippen molar-refractivity contribution in [1.29, 1.82) is 0 Å². The minimum Gasteiger partial charge on any atom is -0.356 e. The predicted molar refractivity (Wildman–Crippen MR) is 88.8 cm³/mol. The van der Waals surface area contributed by atoms with Crippen molar-refractivity contribution in [3.63, 3.8) is 0 Å². The van der Waals surface area contributed by atoms with Crippen LogP contribution in [0.5, 0.6) is 0 Å². The maximum absolute atomic E-state index is 11.9. The first kappa shape index (κ1) is 16.9. The molecule has 2 aromatic rings. The van der Waals surface area contributed by atoms with Crippen LogP contribution in [0.2, 0.25) is 0 Å². The molecule has 6 heteroatoms. The Morgan fingerprint density at radius 2 is 1.96 bits per heavy atom. The zero-order valence-electron chi connectivity index (χ0n) is 13.5. The molecule has 0 radical (unpaired) electrons. The molecule has 0 aliphatic heterocycles. The van der Waals surface area contributed by atoms with Gasteiger partial charge in [-0.15, -0.1) is 0 Å². The lowest BCUT2D eigenvalue weighted by molar-refractivity contribution is -0.121. The van der Waals surface area contributed by atoms with E-state index in [1.807, 2.05) is 26.0 Å². The molecule has 23 heavy (non-hydrogen) atoms. The van der Waals surface area contributed by atoms with Gasteiger partial charge in [0.1, 0.15) is 0 Å². The summed E-state index contributed by atoms with van der Waals surface area (Å²) in [6.45, 7) is 5.20. The Labute approximate surface area is 135 Å². The molecule has 0 aliphatic rings. The first-order valence-corrected chi connectivity index (χ1v) is 7.81. The summed E-state index contributed by atoms with van der Waals surface area (Å²) in [4.78, 5) is 27.5. The van der Waals surface area contributed by atoms with Crippen molar-refractivity contribution in [2.24, 2.45) is 5.92 Å². The maximum atomic E-state index is 11.9. The number of amides is 1. The summed E-state index contributed by atoms with van der Waals surface area (Å²) in [5.74, 6) is 0.442. The van der Waals surface area contributed by atoms with Gasteiger partial charge in [0.05, 0.1) is 5.69 Å². The maximum Gasteiger partial charge on any atom is 0.266 e. The first-order chi connectivity index (χ1) is 11.1. The standard InChI is InChI=1S/C17H22N4O2/c1-13(2)12-19-16(22)4-3-11-21-17(23)6-5-15(20-21)14-7-9-18-10-8-14/h5-10,13H,3-4,11-12H2,1-2H3,(H,19,22). The fraction of sp³-hybridized carbons (Fsp3) is 0.412. The van der Waals surface area contributed by atoms with E-state index in [0.717, 1.165) is 11.3 Å². The van der Waals surface area contributed by atoms with Crippen molar-refractivity contribution < 1.29 is 4.79 Å². The Hall–Kier alpha value is -2.50. The summed E-state index contributed by atoms with van der Waals surface area (Å²) in [6, 6.07) is 6.89. The van der Waals surface area contributed by atoms with E-state index in [9.17, 15) is 9.59 Å². The lowest BCUT2D eigenvalue weighted by Crippen LogP contribution is -2.28. The number of nitrogens with one attached hydrogen (secondary N) is 1. The SMILES string of the molecule is CC(C)CNC(=O)CCCn1nc(-c2ccncc2)ccc1=O. The zero-order chi connectivity index (χ0) is 16.7. The summed E-state index contributed by atoms with van der Waals surface area (Å²) in [5.41, 5.74) is 1.46. The molecule has 1 N–H and O–H groups in total. The highest BCUT2D eigenvalue weighted by molar-refractivity contribution is 5.75. The highest BCUT2D eigenvalue weighted by Gasteiger charge is 2.06. The lowest BCUT2D eigenvalue weighted by atomic mass is 10.2. The first-order valence-electron chi connectivity index (χ1n) is 7.81. The molecule has 122 valence electrons. The third-order valence-corrected chi connectivity index (χ3v) is 3.32. The third kappa shape index (κ3) is 5.32. The smallest absolute Gasteiger partial charge is 0.266 e. The van der Waals surface area contributed by atoms with Gasteiger partial charge in [-0.3, -0.25) is 14.6 Å². The second kappa shape index (κ2) is 8.22. The number of carbonyl (C=O) groups excluding carboxylic acids is 1. The van der Waals surface area contributed by atoms with Crippen molar-refractivity contribution in [3.8, 4) is 11.3 Å². The van der Waals surface area contributed by atoms with Crippen molar-refractivity contribution in [2.45, 2.75) is 33.2 Å². The minimum atomic E-state index is -0.162. The Morgan fingerprint density at radius 1 is 1.22 bits per heavy atom. The van der Waals surface area contributed by atoms with Gasteiger partial charge in [-0.05, 0) is 30.5 Å². The number of carbonyl (C=O) groups is 1. The van der Waals surface area contributed by atoms with Crippen LogP contribution in [0.15, 0.2) is 41.5 Å². The molecule has 0 unspecified atom stereocenters. The van der Waals surface area contributed by atoms with E-state index in [2.05, 4.69) is 15.4 Å². The van der Waals surface area contributed by atoms with Gasteiger partial charge < -0.3 is 5.32 Å². The van der Waals surface area contributed by atoms with Gasteiger partial charge >= 0.3 is 0 Å². The van der Waals surface area contributed by atoms with E-state index in [4.69, 9.17) is 0 Å². The summed E-state index contributed by atoms with van der Waals surface area (Å²) in [5, 5.41) is 7.22. The van der Waals surface area contributed by atoms with Crippen LogP contribution in [-0.2, 0) is 11.3 Å². The van der Waals surface area contributed by atoms with E-state index < -0.39 is 0 Å². The highest BCUT2D eigenvalue weighted by Crippen LogP contribution is 2.13. The van der Waals surface area contributed by atoms with Crippen LogP contribution < -0.4 is 10.9 Å². The topological polar surface area (TPSA) is 76.9 Å². The van der Waals surface area contributed by atoms with Gasteiger partial charge in [-0.1, -0.05) is 13.8 Å². The fourth-order valence-corrected chi connectivity index (χ4v) is 2.08. The molecular formula is C17H22N4O2. The number of aryl methyl sites for hydroxylation is 1. The molecule has 0 saturated carbocycles. The van der Waals surface area contributed by atoms with Crippen LogP contribution in [0.4, 0.5) is 0 Å². The number of aromatic nitrogens is 3. The highest BCUT2D eigenvalue weighted by atomic mass is 16.1. The number of hydrogen-bond acceptors (Lipinski definition) is 4. The quantitative estimate of drug-likeness (QED) is 0.846. The molecular weight excluding hydrogens is 292 g/mol. The van der Waals surface area contributed by atoms with E-state index in [1.54, 1.807) is 18.5 Å². The number of hydrogen-bond donors (Lipinski definition) is 1. The molecule has 0 atom stereocenters. The van der Waals surface area contributed by atoms with E-state index in [1.165, 1.54) is 10.7 Å². The molecule has 0 aliphatic carbocycles. The van der Waals surface area contributed by atoms with Gasteiger partial charge in [-0.25, -0.2) is 4.68 Å². The molecule has 0 saturated heterocycles. The molecule has 0 fully saturated rings. The normalized spacial score (nSPS) is 10.7. The largest absolute Gasteiger partial charge is 0.356 e. The zero-order valence-corrected chi connectivity index (χ0v) is 13.5. The fourth-order valence-electron chi connectivity index (χ4n) is 2.08. The number of nitrogens with zero attached hydrogens (tertiary/aromatic N) is 3. The Morgan fingerprint density at radius 3 is 2.65 bits per heavy atom. The van der Waals surface area contributed by atoms with Crippen molar-refractivity contribution in [2.75, 3.05) is 6.54 Å². The lowest BCUT2D eigenvalue weighted by Gasteiger charge is -2.09. The molecule has 0 aromatic carbocycles. The molecule has 2 rings (SSSR count). The molecule has 2 aromatic heterocycles. The molecule has 6 nitrogen and oxygen atoms in total. The molecule has 2 heterocycles. The predicted octanol–water partition coefficient (Wildman–Crippen LogP) is 1.86. The van der Waals surface area contributed by atoms with Crippen LogP contribution in [0, 0.1) is 5.92 Å². The monoisotopic (exact) mass is 314 g/mol. The van der Waals surface area contributed by atoms with Gasteiger partial charge in [0.2, 0.25) is 5.91 Å². The van der Waals surface area contributed by atoms with Crippen LogP contribution in [-0.4, -0.2) is 27.2 Å². The number of rotatable bonds is 7. The summed E-state index contributed by atoms with van der Waals surface area (Å²) in [7, 11) is 0.